The van der Waals surface area contributed by atoms with Crippen LogP contribution in [0, 0.1) is 0 Å². The van der Waals surface area contributed by atoms with Crippen LogP contribution in [0.3, 0.4) is 0 Å². The van der Waals surface area contributed by atoms with E-state index in [0.29, 0.717) is 20.8 Å². The highest BCUT2D eigenvalue weighted by Crippen LogP contribution is 2.30. The molecule has 1 aromatic rings. The first-order valence-electron chi connectivity index (χ1n) is 5.59. The lowest BCUT2D eigenvalue weighted by Crippen LogP contribution is -2.07. The van der Waals surface area contributed by atoms with Crippen LogP contribution in [0.4, 0.5) is 0 Å². The molecule has 0 bridgehead atoms. The lowest BCUT2D eigenvalue weighted by Gasteiger charge is -2.06. The van der Waals surface area contributed by atoms with Gasteiger partial charge in [0.25, 0.3) is 0 Å². The van der Waals surface area contributed by atoms with E-state index >= 15 is 0 Å². The number of benzene rings is 2. The van der Waals surface area contributed by atoms with Gasteiger partial charge in [-0.3, -0.25) is 4.79 Å². The summed E-state index contributed by atoms with van der Waals surface area (Å²) >= 11 is 7.12. The van der Waals surface area contributed by atoms with Crippen molar-refractivity contribution >= 4 is 43.0 Å². The number of hydrogen-bond acceptors (Lipinski definition) is 5. The van der Waals surface area contributed by atoms with E-state index in [0.717, 1.165) is 6.26 Å². The molecule has 1 aromatic carbocycles. The Labute approximate surface area is 123 Å². The standard InChI is InChI=1S/C13H8ClNO3S2/c1-20(17,18)7-2-4-9-11(6-7)19-10-5-3-8(14)13(16)12(10)15-9/h2-6H,1H3. The Morgan fingerprint density at radius 2 is 1.95 bits per heavy atom. The Hall–Kier alpha value is -1.50. The lowest BCUT2D eigenvalue weighted by atomic mass is 10.2. The first-order valence-corrected chi connectivity index (χ1v) is 8.68. The van der Waals surface area contributed by atoms with Crippen molar-refractivity contribution < 1.29 is 8.42 Å². The molecule has 0 spiro atoms. The van der Waals surface area contributed by atoms with Gasteiger partial charge in [0.05, 0.1) is 25.0 Å². The van der Waals surface area contributed by atoms with Crippen molar-refractivity contribution in [2.75, 3.05) is 6.26 Å². The number of halogens is 1. The van der Waals surface area contributed by atoms with E-state index in [9.17, 15) is 13.2 Å². The van der Waals surface area contributed by atoms with Gasteiger partial charge in [-0.15, -0.1) is 11.3 Å². The molecule has 102 valence electrons. The highest BCUT2D eigenvalue weighted by Gasteiger charge is 2.15. The molecule has 1 aliphatic heterocycles. The molecule has 0 saturated carbocycles. The van der Waals surface area contributed by atoms with E-state index in [1.165, 1.54) is 23.5 Å². The maximum absolute atomic E-state index is 11.9. The fourth-order valence-electron chi connectivity index (χ4n) is 1.85. The average Bonchev–Trinajstić information content (AvgIpc) is 2.40. The number of nitrogens with zero attached hydrogens (tertiary/aromatic N) is 1. The van der Waals surface area contributed by atoms with Gasteiger partial charge in [0, 0.05) is 6.26 Å². The Morgan fingerprint density at radius 1 is 1.20 bits per heavy atom. The number of rotatable bonds is 1. The summed E-state index contributed by atoms with van der Waals surface area (Å²) in [5.74, 6) is 0. The zero-order valence-corrected chi connectivity index (χ0v) is 12.6. The second-order valence-corrected chi connectivity index (χ2v) is 7.85. The summed E-state index contributed by atoms with van der Waals surface area (Å²) in [7, 11) is -3.27. The topological polar surface area (TPSA) is 64.1 Å². The van der Waals surface area contributed by atoms with E-state index < -0.39 is 9.84 Å². The molecule has 20 heavy (non-hydrogen) atoms. The molecular formula is C13H8ClNO3S2. The summed E-state index contributed by atoms with van der Waals surface area (Å²) in [5, 5.41) is 0.129. The first-order chi connectivity index (χ1) is 9.36. The van der Waals surface area contributed by atoms with Crippen LogP contribution in [0.25, 0.3) is 20.8 Å². The molecule has 0 atom stereocenters. The van der Waals surface area contributed by atoms with Gasteiger partial charge in [0.1, 0.15) is 5.69 Å². The molecule has 0 saturated heterocycles. The first kappa shape index (κ1) is 13.5. The zero-order valence-electron chi connectivity index (χ0n) is 10.3. The third-order valence-corrected chi connectivity index (χ3v) is 5.36. The predicted octanol–water partition coefficient (Wildman–Crippen LogP) is 2.82. The molecule has 0 N–H and O–H groups in total. The third-order valence-electron chi connectivity index (χ3n) is 2.86. The van der Waals surface area contributed by atoms with E-state index in [1.54, 1.807) is 18.2 Å². The van der Waals surface area contributed by atoms with E-state index in [-0.39, 0.29) is 15.3 Å². The zero-order chi connectivity index (χ0) is 14.5. The summed E-state index contributed by atoms with van der Waals surface area (Å²) in [5.41, 5.74) is 0.575. The van der Waals surface area contributed by atoms with Gasteiger partial charge in [0.15, 0.2) is 9.84 Å². The smallest absolute Gasteiger partial charge is 0.224 e. The van der Waals surface area contributed by atoms with Gasteiger partial charge in [-0.1, -0.05) is 11.6 Å². The van der Waals surface area contributed by atoms with Crippen molar-refractivity contribution in [3.05, 3.63) is 45.6 Å². The largest absolute Gasteiger partial charge is 0.286 e. The summed E-state index contributed by atoms with van der Waals surface area (Å²) in [6.45, 7) is 0. The number of aromatic nitrogens is 1. The van der Waals surface area contributed by atoms with Gasteiger partial charge < -0.3 is 0 Å². The van der Waals surface area contributed by atoms with Crippen molar-refractivity contribution in [3.8, 4) is 10.6 Å². The Kier molecular flexibility index (Phi) is 3.04. The minimum atomic E-state index is -3.27. The second-order valence-electron chi connectivity index (χ2n) is 4.34. The van der Waals surface area contributed by atoms with Crippen LogP contribution in [0.5, 0.6) is 0 Å². The van der Waals surface area contributed by atoms with E-state index in [1.807, 2.05) is 0 Å². The molecule has 0 aromatic heterocycles. The SMILES string of the molecule is CS(=O)(=O)c1ccc2nc3c(=O)c(Cl)ccc-3sc2c1. The Morgan fingerprint density at radius 3 is 2.65 bits per heavy atom. The van der Waals surface area contributed by atoms with E-state index in [4.69, 9.17) is 11.6 Å². The van der Waals surface area contributed by atoms with Crippen molar-refractivity contribution in [1.82, 2.24) is 4.98 Å². The fourth-order valence-corrected chi connectivity index (χ4v) is 3.74. The summed E-state index contributed by atoms with van der Waals surface area (Å²) in [6.07, 6.45) is 1.16. The molecule has 1 heterocycles. The van der Waals surface area contributed by atoms with Crippen LogP contribution in [0.2, 0.25) is 5.02 Å². The molecule has 3 rings (SSSR count). The molecule has 0 fully saturated rings. The van der Waals surface area contributed by atoms with Gasteiger partial charge in [0.2, 0.25) is 5.43 Å². The monoisotopic (exact) mass is 325 g/mol. The fraction of sp³-hybridized carbons (Fsp3) is 0.0769. The van der Waals surface area contributed by atoms with Crippen LogP contribution in [-0.4, -0.2) is 19.7 Å². The molecule has 0 unspecified atom stereocenters. The lowest BCUT2D eigenvalue weighted by molar-refractivity contribution is 0.602. The molecular weight excluding hydrogens is 318 g/mol. The van der Waals surface area contributed by atoms with Crippen LogP contribution < -0.4 is 5.43 Å². The minimum Gasteiger partial charge on any atom is -0.286 e. The molecule has 0 radical (unpaired) electrons. The van der Waals surface area contributed by atoms with Crippen LogP contribution in [0.1, 0.15) is 0 Å². The van der Waals surface area contributed by atoms with Gasteiger partial charge in [-0.05, 0) is 30.3 Å². The minimum absolute atomic E-state index is 0.129. The molecule has 0 amide bonds. The van der Waals surface area contributed by atoms with Gasteiger partial charge in [-0.25, -0.2) is 13.4 Å². The third kappa shape index (κ3) is 2.19. The normalized spacial score (nSPS) is 12.1. The highest BCUT2D eigenvalue weighted by atomic mass is 35.5. The second kappa shape index (κ2) is 4.51. The maximum Gasteiger partial charge on any atom is 0.224 e. The predicted molar refractivity (Wildman–Crippen MR) is 80.6 cm³/mol. The maximum atomic E-state index is 11.9. The number of sulfone groups is 1. The average molecular weight is 326 g/mol. The van der Waals surface area contributed by atoms with Crippen molar-refractivity contribution in [3.63, 3.8) is 0 Å². The highest BCUT2D eigenvalue weighted by molar-refractivity contribution is 7.90. The van der Waals surface area contributed by atoms with Crippen molar-refractivity contribution in [2.24, 2.45) is 0 Å². The van der Waals surface area contributed by atoms with Crippen LogP contribution in [-0.2, 0) is 9.84 Å². The Bertz CT molecular complexity index is 963. The Balaban J connectivity index is 2.40. The summed E-state index contributed by atoms with van der Waals surface area (Å²) < 4.78 is 23.8. The van der Waals surface area contributed by atoms with Crippen molar-refractivity contribution in [1.29, 1.82) is 0 Å². The molecule has 4 nitrogen and oxygen atoms in total. The number of hydrogen-bond donors (Lipinski definition) is 0. The van der Waals surface area contributed by atoms with Crippen molar-refractivity contribution in [2.45, 2.75) is 4.90 Å². The van der Waals surface area contributed by atoms with Gasteiger partial charge >= 0.3 is 0 Å². The van der Waals surface area contributed by atoms with Gasteiger partial charge in [-0.2, -0.15) is 0 Å². The van der Waals surface area contributed by atoms with Crippen LogP contribution >= 0.6 is 22.9 Å². The number of fused-ring (bicyclic) bond motifs is 2. The summed E-state index contributed by atoms with van der Waals surface area (Å²) in [4.78, 5) is 17.1. The molecule has 7 heteroatoms. The van der Waals surface area contributed by atoms with Crippen LogP contribution in [0.15, 0.2) is 40.0 Å². The molecule has 2 aliphatic rings. The molecule has 1 aliphatic carbocycles. The quantitative estimate of drug-likeness (QED) is 0.645. The summed E-state index contributed by atoms with van der Waals surface area (Å²) in [6, 6.07) is 7.89. The van der Waals surface area contributed by atoms with E-state index in [2.05, 4.69) is 4.98 Å².